The molecule has 0 saturated heterocycles. The van der Waals surface area contributed by atoms with Gasteiger partial charge in [0.25, 0.3) is 5.56 Å². The average molecular weight is 855 g/mol. The largest absolute Gasteiger partial charge is 0.497 e. The third-order valence-electron chi connectivity index (χ3n) is 7.35. The van der Waals surface area contributed by atoms with Gasteiger partial charge in [0.05, 0.1) is 42.7 Å². The number of nitrogens with zero attached hydrogens (tertiary/aromatic N) is 2. The monoisotopic (exact) mass is 854 g/mol. The van der Waals surface area contributed by atoms with Gasteiger partial charge in [-0.15, -0.1) is 0 Å². The summed E-state index contributed by atoms with van der Waals surface area (Å²) >= 11 is 5.83. The second-order valence-corrected chi connectivity index (χ2v) is 13.6. The molecule has 0 aliphatic carbocycles. The lowest BCUT2D eigenvalue weighted by molar-refractivity contribution is -0.138. The third-order valence-corrected chi connectivity index (χ3v) is 9.94. The minimum atomic E-state index is -0.757. The molecule has 10 heteroatoms. The van der Waals surface area contributed by atoms with Gasteiger partial charge in [0, 0.05) is 5.56 Å². The predicted octanol–water partition coefficient (Wildman–Crippen LogP) is 6.73. The number of carbonyl (C=O) groups is 1. The lowest BCUT2D eigenvalue weighted by atomic mass is 9.93. The van der Waals surface area contributed by atoms with Crippen molar-refractivity contribution >= 4 is 74.3 Å². The van der Waals surface area contributed by atoms with Crippen LogP contribution in [0.25, 0.3) is 11.8 Å². The summed E-state index contributed by atoms with van der Waals surface area (Å²) in [6.07, 6.45) is 1.87. The van der Waals surface area contributed by atoms with Crippen molar-refractivity contribution in [1.29, 1.82) is 0 Å². The van der Waals surface area contributed by atoms with E-state index in [9.17, 15) is 9.59 Å². The maximum absolute atomic E-state index is 14.2. The molecule has 0 saturated carbocycles. The number of fused-ring (bicyclic) bond motifs is 1. The molecule has 4 aromatic carbocycles. The van der Waals surface area contributed by atoms with Crippen LogP contribution in [0.4, 0.5) is 0 Å². The molecule has 1 aliphatic rings. The molecule has 0 fully saturated rings. The summed E-state index contributed by atoms with van der Waals surface area (Å²) in [6, 6.07) is 30.2. The summed E-state index contributed by atoms with van der Waals surface area (Å²) in [6.45, 7) is 2.41. The molecular formula is C36H28I2N2O5S. The van der Waals surface area contributed by atoms with Crippen molar-refractivity contribution in [3.05, 3.63) is 152 Å². The van der Waals surface area contributed by atoms with Crippen LogP contribution in [0, 0.1) is 7.14 Å². The smallest absolute Gasteiger partial charge is 0.338 e. The predicted molar refractivity (Wildman–Crippen MR) is 197 cm³/mol. The molecule has 5 aromatic rings. The third kappa shape index (κ3) is 6.69. The van der Waals surface area contributed by atoms with Gasteiger partial charge in [0.15, 0.2) is 4.80 Å². The van der Waals surface area contributed by atoms with Crippen molar-refractivity contribution in [2.75, 3.05) is 13.7 Å². The highest BCUT2D eigenvalue weighted by molar-refractivity contribution is 14.1. The summed E-state index contributed by atoms with van der Waals surface area (Å²) in [5, 5.41) is 0. The molecule has 0 radical (unpaired) electrons. The maximum Gasteiger partial charge on any atom is 0.338 e. The van der Waals surface area contributed by atoms with E-state index in [1.54, 1.807) is 18.6 Å². The van der Waals surface area contributed by atoms with Crippen LogP contribution >= 0.6 is 56.5 Å². The number of esters is 1. The Bertz CT molecular complexity index is 2090. The van der Waals surface area contributed by atoms with Gasteiger partial charge in [-0.2, -0.15) is 0 Å². The first-order valence-corrected chi connectivity index (χ1v) is 17.4. The summed E-state index contributed by atoms with van der Waals surface area (Å²) in [5.74, 6) is 0.951. The molecule has 0 spiro atoms. The standard InChI is InChI=1S/C36H28I2N2O5S/c1-3-44-35(42)30-31(24-12-8-5-9-13-24)39-36-40(32(30)25-14-16-26(43-2)17-15-25)34(41)29(46-36)20-23-18-27(37)33(28(38)19-23)45-21-22-10-6-4-7-11-22/h4-20,32H,3,21H2,1-2H3/b29-20-/t32-/m0/s1. The summed E-state index contributed by atoms with van der Waals surface area (Å²) in [5.41, 5.74) is 3.99. The molecule has 7 nitrogen and oxygen atoms in total. The van der Waals surface area contributed by atoms with Crippen molar-refractivity contribution in [2.45, 2.75) is 19.6 Å². The zero-order chi connectivity index (χ0) is 32.2. The van der Waals surface area contributed by atoms with E-state index in [0.29, 0.717) is 33.0 Å². The van der Waals surface area contributed by atoms with Crippen LogP contribution < -0.4 is 24.4 Å². The van der Waals surface area contributed by atoms with E-state index < -0.39 is 12.0 Å². The van der Waals surface area contributed by atoms with Crippen molar-refractivity contribution in [3.8, 4) is 11.5 Å². The van der Waals surface area contributed by atoms with E-state index in [1.165, 1.54) is 11.3 Å². The number of methoxy groups -OCH3 is 1. The van der Waals surface area contributed by atoms with Gasteiger partial charge in [-0.05, 0) is 99.1 Å². The molecule has 0 unspecified atom stereocenters. The fourth-order valence-corrected chi connectivity index (χ4v) is 8.35. The highest BCUT2D eigenvalue weighted by Gasteiger charge is 2.35. The Kier molecular flexibility index (Phi) is 10.0. The van der Waals surface area contributed by atoms with Crippen LogP contribution in [-0.2, 0) is 16.1 Å². The number of aromatic nitrogens is 1. The van der Waals surface area contributed by atoms with Crippen LogP contribution in [0.1, 0.15) is 35.2 Å². The summed E-state index contributed by atoms with van der Waals surface area (Å²) in [4.78, 5) is 33.3. The fourth-order valence-electron chi connectivity index (χ4n) is 5.22. The van der Waals surface area contributed by atoms with Crippen molar-refractivity contribution in [3.63, 3.8) is 0 Å². The Labute approximate surface area is 297 Å². The molecule has 6 rings (SSSR count). The lowest BCUT2D eigenvalue weighted by Crippen LogP contribution is -2.40. The molecule has 46 heavy (non-hydrogen) atoms. The van der Waals surface area contributed by atoms with Crippen LogP contribution in [0.15, 0.2) is 112 Å². The van der Waals surface area contributed by atoms with Gasteiger partial charge in [0.1, 0.15) is 18.1 Å². The molecule has 1 atom stereocenters. The molecule has 232 valence electrons. The first-order chi connectivity index (χ1) is 22.4. The molecule has 1 aliphatic heterocycles. The second kappa shape index (κ2) is 14.3. The molecule has 1 aromatic heterocycles. The SMILES string of the molecule is CCOC(=O)C1=C(c2ccccc2)N=c2s/c(=C\c3cc(I)c(OCc4ccccc4)c(I)c3)c(=O)n2[C@H]1c1ccc(OC)cc1. The number of thiazole rings is 1. The summed E-state index contributed by atoms with van der Waals surface area (Å²) < 4.78 is 21.1. The topological polar surface area (TPSA) is 79.1 Å². The van der Waals surface area contributed by atoms with E-state index in [4.69, 9.17) is 19.2 Å². The summed E-state index contributed by atoms with van der Waals surface area (Å²) in [7, 11) is 1.60. The zero-order valence-corrected chi connectivity index (χ0v) is 30.0. The van der Waals surface area contributed by atoms with E-state index in [1.807, 2.05) is 103 Å². The Balaban J connectivity index is 1.49. The van der Waals surface area contributed by atoms with E-state index in [2.05, 4.69) is 45.2 Å². The quantitative estimate of drug-likeness (QED) is 0.122. The molecule has 2 heterocycles. The Morgan fingerprint density at radius 1 is 0.957 bits per heavy atom. The maximum atomic E-state index is 14.2. The van der Waals surface area contributed by atoms with Gasteiger partial charge in [-0.25, -0.2) is 9.79 Å². The van der Waals surface area contributed by atoms with Gasteiger partial charge >= 0.3 is 5.97 Å². The highest BCUT2D eigenvalue weighted by Crippen LogP contribution is 2.36. The molecule has 0 bridgehead atoms. The van der Waals surface area contributed by atoms with Gasteiger partial charge in [-0.3, -0.25) is 9.36 Å². The lowest BCUT2D eigenvalue weighted by Gasteiger charge is -2.26. The molecule has 0 N–H and O–H groups in total. The second-order valence-electron chi connectivity index (χ2n) is 10.3. The van der Waals surface area contributed by atoms with Gasteiger partial charge in [0.2, 0.25) is 0 Å². The van der Waals surface area contributed by atoms with Crippen molar-refractivity contribution in [2.24, 2.45) is 4.99 Å². The van der Waals surface area contributed by atoms with Gasteiger partial charge in [-0.1, -0.05) is 84.1 Å². The Hall–Kier alpha value is -3.75. The van der Waals surface area contributed by atoms with E-state index >= 15 is 0 Å². The van der Waals surface area contributed by atoms with Crippen LogP contribution in [-0.4, -0.2) is 24.3 Å². The van der Waals surface area contributed by atoms with Crippen molar-refractivity contribution in [1.82, 2.24) is 4.57 Å². The van der Waals surface area contributed by atoms with Crippen molar-refractivity contribution < 1.29 is 19.0 Å². The van der Waals surface area contributed by atoms with Crippen LogP contribution in [0.5, 0.6) is 11.5 Å². The first kappa shape index (κ1) is 32.2. The van der Waals surface area contributed by atoms with Gasteiger partial charge < -0.3 is 14.2 Å². The first-order valence-electron chi connectivity index (χ1n) is 14.5. The number of halogens is 2. The number of hydrogen-bond donors (Lipinski definition) is 0. The minimum absolute atomic E-state index is 0.187. The molecule has 0 amide bonds. The zero-order valence-electron chi connectivity index (χ0n) is 24.9. The number of benzene rings is 4. The number of hydrogen-bond acceptors (Lipinski definition) is 7. The normalized spacial score (nSPS) is 14.4. The average Bonchev–Trinajstić information content (AvgIpc) is 3.38. The fraction of sp³-hybridized carbons (Fsp3) is 0.139. The number of carbonyl (C=O) groups excluding carboxylic acids is 1. The van der Waals surface area contributed by atoms with Crippen LogP contribution in [0.2, 0.25) is 0 Å². The minimum Gasteiger partial charge on any atom is -0.497 e. The molecular weight excluding hydrogens is 826 g/mol. The number of rotatable bonds is 9. The van der Waals surface area contributed by atoms with E-state index in [0.717, 1.165) is 35.1 Å². The number of ether oxygens (including phenoxy) is 3. The highest BCUT2D eigenvalue weighted by atomic mass is 127. The Morgan fingerprint density at radius 3 is 2.24 bits per heavy atom. The van der Waals surface area contributed by atoms with E-state index in [-0.39, 0.29) is 12.2 Å². The van der Waals surface area contributed by atoms with Crippen LogP contribution in [0.3, 0.4) is 0 Å². The Morgan fingerprint density at radius 2 is 1.61 bits per heavy atom.